The van der Waals surface area contributed by atoms with Gasteiger partial charge in [-0.05, 0) is 17.2 Å². The molecule has 0 saturated carbocycles. The Bertz CT molecular complexity index is 1480. The maximum absolute atomic E-state index is 4.86. The summed E-state index contributed by atoms with van der Waals surface area (Å²) in [6.07, 6.45) is 14.8. The molecule has 0 amide bonds. The van der Waals surface area contributed by atoms with Gasteiger partial charge in [-0.2, -0.15) is 20.4 Å². The summed E-state index contributed by atoms with van der Waals surface area (Å²) >= 11 is 0. The van der Waals surface area contributed by atoms with E-state index in [1.165, 1.54) is 0 Å². The van der Waals surface area contributed by atoms with Gasteiger partial charge in [0.05, 0.1) is 12.4 Å². The van der Waals surface area contributed by atoms with Crippen molar-refractivity contribution in [3.8, 4) is 22.5 Å². The van der Waals surface area contributed by atoms with E-state index in [1.54, 1.807) is 22.0 Å². The van der Waals surface area contributed by atoms with Crippen LogP contribution in [0.4, 0.5) is 0 Å². The van der Waals surface area contributed by atoms with Crippen molar-refractivity contribution >= 4 is 65.2 Å². The van der Waals surface area contributed by atoms with E-state index < -0.39 is 5.66 Å². The molecule has 6 rings (SSSR count). The molecule has 1 aliphatic carbocycles. The zero-order chi connectivity index (χ0) is 24.2. The summed E-state index contributed by atoms with van der Waals surface area (Å²) in [4.78, 5) is 3.43. The molecule has 0 fully saturated rings. The molecule has 8 heteroatoms. The summed E-state index contributed by atoms with van der Waals surface area (Å²) in [5, 5.41) is 19.1. The van der Waals surface area contributed by atoms with Crippen molar-refractivity contribution in [1.29, 1.82) is 0 Å². The van der Waals surface area contributed by atoms with Crippen LogP contribution in [0.5, 0.6) is 0 Å². The minimum Gasteiger partial charge on any atom is -0.158 e. The quantitative estimate of drug-likeness (QED) is 0.291. The fourth-order valence-corrected chi connectivity index (χ4v) is 4.27. The van der Waals surface area contributed by atoms with Crippen molar-refractivity contribution in [3.63, 3.8) is 0 Å². The van der Waals surface area contributed by atoms with Gasteiger partial charge in [0.15, 0.2) is 0 Å². The van der Waals surface area contributed by atoms with Gasteiger partial charge in [0, 0.05) is 76.7 Å². The van der Waals surface area contributed by atoms with E-state index in [4.69, 9.17) is 10.2 Å². The molecule has 3 aromatic carbocycles. The molecule has 0 atom stereocenters. The maximum Gasteiger partial charge on any atom is 0.214 e. The van der Waals surface area contributed by atoms with E-state index in [-0.39, 0.29) is 59.1 Å². The monoisotopic (exact) mass is 514 g/mol. The molecule has 0 spiro atoms. The molecule has 5 aromatic rings. The second-order valence-electron chi connectivity index (χ2n) is 8.63. The Balaban J connectivity index is 0.00000168. The Morgan fingerprint density at radius 2 is 1.13 bits per heavy atom. The molecule has 2 radical (unpaired) electrons. The second-order valence-corrected chi connectivity index (χ2v) is 8.63. The smallest absolute Gasteiger partial charge is 0.158 e. The maximum atomic E-state index is 4.86. The van der Waals surface area contributed by atoms with E-state index in [2.05, 4.69) is 52.7 Å². The van der Waals surface area contributed by atoms with Crippen LogP contribution in [0.3, 0.4) is 0 Å². The third-order valence-corrected chi connectivity index (χ3v) is 6.26. The molecular formula is C30H24N6Na2. The van der Waals surface area contributed by atoms with Crippen LogP contribution in [-0.2, 0) is 5.66 Å². The zero-order valence-corrected chi connectivity index (χ0v) is 25.6. The molecule has 1 aliphatic rings. The van der Waals surface area contributed by atoms with Crippen LogP contribution >= 0.6 is 0 Å². The molecule has 6 nitrogen and oxygen atoms in total. The first kappa shape index (κ1) is 28.2. The Morgan fingerprint density at radius 3 is 1.61 bits per heavy atom. The Kier molecular flexibility index (Phi) is 9.49. The molecular weight excluding hydrogens is 490 g/mol. The van der Waals surface area contributed by atoms with E-state index >= 15 is 0 Å². The molecule has 0 unspecified atom stereocenters. The van der Waals surface area contributed by atoms with Gasteiger partial charge >= 0.3 is 0 Å². The number of hydrogen-bond donors (Lipinski definition) is 0. The Labute approximate surface area is 266 Å². The number of nitrogens with zero attached hydrogens (tertiary/aromatic N) is 6. The Hall–Kier alpha value is -2.84. The average Bonchev–Trinajstić information content (AvgIpc) is 3.66. The number of hydrogen-bond acceptors (Lipinski definition) is 4. The van der Waals surface area contributed by atoms with E-state index in [0.717, 1.165) is 33.7 Å². The summed E-state index contributed by atoms with van der Waals surface area (Å²) in [7, 11) is 0. The van der Waals surface area contributed by atoms with Gasteiger partial charge in [-0.3, -0.25) is 0 Å². The van der Waals surface area contributed by atoms with Gasteiger partial charge in [-0.15, -0.1) is 9.59 Å². The molecule has 0 aliphatic heterocycles. The first-order valence-corrected chi connectivity index (χ1v) is 11.9. The van der Waals surface area contributed by atoms with E-state index in [0.29, 0.717) is 6.42 Å². The minimum atomic E-state index is -0.801. The molecule has 0 N–H and O–H groups in total. The summed E-state index contributed by atoms with van der Waals surface area (Å²) < 4.78 is 0. The summed E-state index contributed by atoms with van der Waals surface area (Å²) in [5.41, 5.74) is 5.10. The van der Waals surface area contributed by atoms with Crippen molar-refractivity contribution in [2.24, 2.45) is 0 Å². The summed E-state index contributed by atoms with van der Waals surface area (Å²) in [6, 6.07) is 30.4. The van der Waals surface area contributed by atoms with Crippen LogP contribution in [0.1, 0.15) is 12.0 Å². The summed E-state index contributed by atoms with van der Waals surface area (Å²) in [6.45, 7) is 0. The normalized spacial score (nSPS) is 13.9. The number of aromatic nitrogens is 6. The van der Waals surface area contributed by atoms with Crippen molar-refractivity contribution < 1.29 is 0 Å². The largest absolute Gasteiger partial charge is 0.214 e. The Morgan fingerprint density at radius 1 is 0.632 bits per heavy atom. The third kappa shape index (κ3) is 5.91. The fraction of sp³-hybridized carbons (Fsp3) is 0.0667. The zero-order valence-electron chi connectivity index (χ0n) is 21.6. The van der Waals surface area contributed by atoms with Crippen LogP contribution in [-0.4, -0.2) is 89.1 Å². The molecule has 0 saturated heterocycles. The van der Waals surface area contributed by atoms with Gasteiger partial charge in [0.2, 0.25) is 5.66 Å². The first-order chi connectivity index (χ1) is 17.8. The van der Waals surface area contributed by atoms with Crippen LogP contribution < -0.4 is 0 Å². The fourth-order valence-electron chi connectivity index (χ4n) is 4.27. The third-order valence-electron chi connectivity index (χ3n) is 6.26. The van der Waals surface area contributed by atoms with E-state index in [1.807, 2.05) is 78.9 Å². The van der Waals surface area contributed by atoms with Crippen molar-refractivity contribution in [2.45, 2.75) is 12.1 Å². The van der Waals surface area contributed by atoms with Gasteiger partial charge in [0.25, 0.3) is 0 Å². The SMILES string of the molecule is C(=Cc1ccccc1)C1=CCC(n2ncc(-c3ccccc3)n2)(n2ncc(-c3ccccc3)n2)C=C1.[Na].[Na]. The predicted octanol–water partition coefficient (Wildman–Crippen LogP) is 5.24. The van der Waals surface area contributed by atoms with Crippen molar-refractivity contribution in [3.05, 3.63) is 139 Å². The van der Waals surface area contributed by atoms with Crippen LogP contribution in [0, 0.1) is 0 Å². The minimum absolute atomic E-state index is 0. The van der Waals surface area contributed by atoms with Gasteiger partial charge in [-0.25, -0.2) is 0 Å². The van der Waals surface area contributed by atoms with Gasteiger partial charge < -0.3 is 0 Å². The number of rotatable bonds is 6. The summed E-state index contributed by atoms with van der Waals surface area (Å²) in [5.74, 6) is 0. The molecule has 2 aromatic heterocycles. The molecule has 2 heterocycles. The van der Waals surface area contributed by atoms with Crippen LogP contribution in [0.2, 0.25) is 0 Å². The standard InChI is InChI=1S/C30H24N6.2Na/c1-4-10-24(11-5-1)16-17-25-18-20-30(21-19-25,35-31-22-28(33-35)26-12-6-2-7-13-26)36-32-23-29(34-36)27-14-8-3-9-15-27;;/h1-20,22-23H,21H2;;. The van der Waals surface area contributed by atoms with Crippen molar-refractivity contribution in [1.82, 2.24) is 30.0 Å². The topological polar surface area (TPSA) is 61.4 Å². The number of benzene rings is 3. The average molecular weight is 515 g/mol. The molecule has 0 bridgehead atoms. The van der Waals surface area contributed by atoms with Gasteiger partial charge in [-0.1, -0.05) is 115 Å². The van der Waals surface area contributed by atoms with Gasteiger partial charge in [0.1, 0.15) is 11.4 Å². The first-order valence-electron chi connectivity index (χ1n) is 11.9. The van der Waals surface area contributed by atoms with Crippen LogP contribution in [0.15, 0.2) is 133 Å². The predicted molar refractivity (Wildman–Crippen MR) is 153 cm³/mol. The van der Waals surface area contributed by atoms with E-state index in [9.17, 15) is 0 Å². The van der Waals surface area contributed by atoms with Crippen molar-refractivity contribution in [2.75, 3.05) is 0 Å². The molecule has 38 heavy (non-hydrogen) atoms. The molecule has 176 valence electrons. The van der Waals surface area contributed by atoms with Crippen LogP contribution in [0.25, 0.3) is 28.6 Å². The second kappa shape index (κ2) is 12.8. The number of allylic oxidation sites excluding steroid dienone is 5.